The molecule has 0 unspecified atom stereocenters. The van der Waals surface area contributed by atoms with Crippen LogP contribution in [0.1, 0.15) is 48.9 Å². The second-order valence-electron chi connectivity index (χ2n) is 8.06. The smallest absolute Gasteiger partial charge is 0.347 e. The highest BCUT2D eigenvalue weighted by molar-refractivity contribution is 5.95. The van der Waals surface area contributed by atoms with Crippen molar-refractivity contribution in [2.75, 3.05) is 0 Å². The van der Waals surface area contributed by atoms with Gasteiger partial charge in [0, 0.05) is 12.8 Å². The van der Waals surface area contributed by atoms with Gasteiger partial charge >= 0.3 is 5.97 Å². The van der Waals surface area contributed by atoms with E-state index in [9.17, 15) is 4.79 Å². The minimum atomic E-state index is -1.27. The molecule has 0 heterocycles. The van der Waals surface area contributed by atoms with E-state index in [2.05, 4.69) is 31.0 Å². The van der Waals surface area contributed by atoms with Gasteiger partial charge in [-0.1, -0.05) is 30.3 Å². The van der Waals surface area contributed by atoms with E-state index >= 15 is 0 Å². The molecule has 0 fully saturated rings. The van der Waals surface area contributed by atoms with Gasteiger partial charge in [-0.05, 0) is 74.9 Å². The average Bonchev–Trinajstić information content (AvgIpc) is 2.65. The van der Waals surface area contributed by atoms with Crippen LogP contribution in [0.2, 0.25) is 0 Å². The summed E-state index contributed by atoms with van der Waals surface area (Å²) >= 11 is 0. The van der Waals surface area contributed by atoms with Crippen LogP contribution < -0.4 is 10.5 Å². The number of aliphatic carboxylic acids is 1. The van der Waals surface area contributed by atoms with Crippen molar-refractivity contribution in [1.82, 2.24) is 0 Å². The van der Waals surface area contributed by atoms with Crippen molar-refractivity contribution in [3.63, 3.8) is 0 Å². The number of carboxylic acid groups (broad SMARTS) is 1. The zero-order chi connectivity index (χ0) is 22.3. The fraction of sp³-hybridized carbons (Fsp3) is 0.375. The topological polar surface area (TPSA) is 109 Å². The minimum Gasteiger partial charge on any atom is -0.478 e. The monoisotopic (exact) mass is 409 g/mol. The molecule has 0 saturated heterocycles. The average molecular weight is 410 g/mol. The van der Waals surface area contributed by atoms with Crippen LogP contribution in [0.4, 0.5) is 0 Å². The van der Waals surface area contributed by atoms with Crippen LogP contribution in [0.3, 0.4) is 0 Å². The predicted molar refractivity (Wildman–Crippen MR) is 121 cm³/mol. The molecule has 4 N–H and O–H groups in total. The van der Waals surface area contributed by atoms with Crippen molar-refractivity contribution < 1.29 is 14.6 Å². The Hall–Kier alpha value is -3.15. The summed E-state index contributed by atoms with van der Waals surface area (Å²) in [6.45, 7) is 7.17. The van der Waals surface area contributed by atoms with Crippen LogP contribution in [0.25, 0.3) is 0 Å². The first-order chi connectivity index (χ1) is 14.1. The van der Waals surface area contributed by atoms with Crippen molar-refractivity contribution in [3.8, 4) is 5.75 Å². The molecule has 0 spiro atoms. The molecule has 2 aromatic carbocycles. The van der Waals surface area contributed by atoms with Crippen LogP contribution in [0.5, 0.6) is 5.75 Å². The number of aryl methyl sites for hydroxylation is 3. The second-order valence-corrected chi connectivity index (χ2v) is 8.06. The van der Waals surface area contributed by atoms with Gasteiger partial charge in [0.05, 0.1) is 0 Å². The van der Waals surface area contributed by atoms with Crippen molar-refractivity contribution >= 4 is 17.6 Å². The number of hydrogen-bond acceptors (Lipinski definition) is 3. The van der Waals surface area contributed by atoms with E-state index in [-0.39, 0.29) is 5.84 Å². The molecule has 6 heteroatoms. The number of carbonyl (C=O) groups is 1. The normalized spacial score (nSPS) is 11.9. The Kier molecular flexibility index (Phi) is 7.75. The number of benzene rings is 2. The largest absolute Gasteiger partial charge is 0.478 e. The van der Waals surface area contributed by atoms with Crippen LogP contribution >= 0.6 is 0 Å². The lowest BCUT2D eigenvalue weighted by atomic mass is 10.0. The van der Waals surface area contributed by atoms with E-state index in [4.69, 9.17) is 21.0 Å². The van der Waals surface area contributed by atoms with Crippen molar-refractivity contribution in [1.29, 1.82) is 5.41 Å². The summed E-state index contributed by atoms with van der Waals surface area (Å²) in [4.78, 5) is 15.4. The van der Waals surface area contributed by atoms with E-state index in [0.717, 1.165) is 24.0 Å². The Balaban J connectivity index is 1.81. The molecular weight excluding hydrogens is 378 g/mol. The van der Waals surface area contributed by atoms with Crippen LogP contribution in [-0.4, -0.2) is 28.3 Å². The summed E-state index contributed by atoms with van der Waals surface area (Å²) in [7, 11) is 0. The van der Waals surface area contributed by atoms with Gasteiger partial charge in [0.15, 0.2) is 5.60 Å². The van der Waals surface area contributed by atoms with E-state index in [0.29, 0.717) is 24.4 Å². The maximum Gasteiger partial charge on any atom is 0.347 e. The summed E-state index contributed by atoms with van der Waals surface area (Å²) in [6.07, 6.45) is 2.65. The molecular formula is C24H31N3O3. The lowest BCUT2D eigenvalue weighted by molar-refractivity contribution is -0.152. The van der Waals surface area contributed by atoms with E-state index in [1.165, 1.54) is 25.0 Å². The van der Waals surface area contributed by atoms with Crippen molar-refractivity contribution in [3.05, 3.63) is 64.7 Å². The molecule has 0 atom stereocenters. The summed E-state index contributed by atoms with van der Waals surface area (Å²) in [6, 6.07) is 13.6. The quantitative estimate of drug-likeness (QED) is 0.420. The second kappa shape index (κ2) is 10.1. The minimum absolute atomic E-state index is 0.277. The van der Waals surface area contributed by atoms with Gasteiger partial charge in [0.1, 0.15) is 17.4 Å². The molecule has 0 aromatic heterocycles. The number of ether oxygens (including phenoxy) is 1. The molecule has 2 aromatic rings. The zero-order valence-corrected chi connectivity index (χ0v) is 18.2. The standard InChI is InChI=1S/C24H31N3O3/c1-16-8-9-19(14-17(16)2)15-22(26)27-21(25)7-5-6-18-10-12-20(13-11-18)30-24(3,4)23(28)29/h8-14H,5-7,15H2,1-4H3,(H,28,29)(H3,25,26,27). The highest BCUT2D eigenvalue weighted by Crippen LogP contribution is 2.20. The molecule has 160 valence electrons. The van der Waals surface area contributed by atoms with E-state index < -0.39 is 11.6 Å². The molecule has 30 heavy (non-hydrogen) atoms. The predicted octanol–water partition coefficient (Wildman–Crippen LogP) is 4.45. The Labute approximate surface area is 178 Å². The fourth-order valence-electron chi connectivity index (χ4n) is 2.91. The summed E-state index contributed by atoms with van der Waals surface area (Å²) in [5.41, 5.74) is 9.40. The van der Waals surface area contributed by atoms with Crippen LogP contribution in [-0.2, 0) is 17.6 Å². The Morgan fingerprint density at radius 1 is 1.10 bits per heavy atom. The van der Waals surface area contributed by atoms with Gasteiger partial charge in [-0.3, -0.25) is 5.41 Å². The Morgan fingerprint density at radius 3 is 2.33 bits per heavy atom. The van der Waals surface area contributed by atoms with Gasteiger partial charge in [-0.15, -0.1) is 0 Å². The van der Waals surface area contributed by atoms with E-state index in [1.54, 1.807) is 12.1 Å². The highest BCUT2D eigenvalue weighted by Gasteiger charge is 2.29. The van der Waals surface area contributed by atoms with Gasteiger partial charge in [-0.25, -0.2) is 9.79 Å². The Bertz CT molecular complexity index is 931. The SMILES string of the molecule is Cc1ccc(CC(N)=NC(=N)CCCc2ccc(OC(C)(C)C(=O)O)cc2)cc1C. The first-order valence-electron chi connectivity index (χ1n) is 10.0. The number of rotatable bonds is 9. The lowest BCUT2D eigenvalue weighted by Gasteiger charge is -2.21. The Morgan fingerprint density at radius 2 is 1.73 bits per heavy atom. The first kappa shape index (κ1) is 23.1. The van der Waals surface area contributed by atoms with Crippen LogP contribution in [0.15, 0.2) is 47.5 Å². The number of hydrogen-bond donors (Lipinski definition) is 3. The molecule has 0 saturated carbocycles. The summed E-state index contributed by atoms with van der Waals surface area (Å²) < 4.78 is 5.50. The molecule has 0 aliphatic heterocycles. The number of nitrogens with one attached hydrogen (secondary N) is 1. The first-order valence-corrected chi connectivity index (χ1v) is 10.0. The number of aliphatic imine (C=N–C) groups is 1. The molecule has 0 radical (unpaired) electrons. The number of nitrogens with zero attached hydrogens (tertiary/aromatic N) is 1. The van der Waals surface area contributed by atoms with Gasteiger partial charge in [0.25, 0.3) is 0 Å². The number of nitrogens with two attached hydrogens (primary N) is 1. The maximum atomic E-state index is 11.1. The number of amidine groups is 2. The summed E-state index contributed by atoms with van der Waals surface area (Å²) in [5, 5.41) is 17.2. The van der Waals surface area contributed by atoms with Gasteiger partial charge in [0.2, 0.25) is 0 Å². The molecule has 0 aliphatic carbocycles. The maximum absolute atomic E-state index is 11.1. The molecule has 0 bridgehead atoms. The van der Waals surface area contributed by atoms with Crippen molar-refractivity contribution in [2.24, 2.45) is 10.7 Å². The third-order valence-electron chi connectivity index (χ3n) is 4.93. The lowest BCUT2D eigenvalue weighted by Crippen LogP contribution is -2.37. The molecule has 0 aliphatic rings. The fourth-order valence-corrected chi connectivity index (χ4v) is 2.91. The zero-order valence-electron chi connectivity index (χ0n) is 18.2. The number of carboxylic acids is 1. The van der Waals surface area contributed by atoms with Crippen LogP contribution in [0, 0.1) is 19.3 Å². The van der Waals surface area contributed by atoms with E-state index in [1.807, 2.05) is 18.2 Å². The highest BCUT2D eigenvalue weighted by atomic mass is 16.5. The molecule has 2 rings (SSSR count). The molecule has 0 amide bonds. The third kappa shape index (κ3) is 7.03. The van der Waals surface area contributed by atoms with Gasteiger partial charge in [-0.2, -0.15) is 0 Å². The molecule has 6 nitrogen and oxygen atoms in total. The summed E-state index contributed by atoms with van der Waals surface area (Å²) in [5.74, 6) is 0.232. The van der Waals surface area contributed by atoms with Gasteiger partial charge < -0.3 is 15.6 Å². The third-order valence-corrected chi connectivity index (χ3v) is 4.93. The van der Waals surface area contributed by atoms with Crippen molar-refractivity contribution in [2.45, 2.75) is 59.0 Å².